The zero-order chi connectivity index (χ0) is 15.1. The zero-order valence-corrected chi connectivity index (χ0v) is 13.3. The molecular weight excluding hydrogens is 262 g/mol. The number of nitrogens with zero attached hydrogens (tertiary/aromatic N) is 1. The summed E-state index contributed by atoms with van der Waals surface area (Å²) in [7, 11) is 0. The molecule has 2 atom stereocenters. The van der Waals surface area contributed by atoms with Crippen molar-refractivity contribution in [1.29, 1.82) is 0 Å². The van der Waals surface area contributed by atoms with Crippen LogP contribution in [0.4, 0.5) is 0 Å². The van der Waals surface area contributed by atoms with Crippen LogP contribution in [0.2, 0.25) is 0 Å². The molecule has 2 rings (SSSR count). The Hall–Kier alpha value is -1.35. The highest BCUT2D eigenvalue weighted by Crippen LogP contribution is 2.21. The van der Waals surface area contributed by atoms with E-state index in [9.17, 15) is 4.79 Å². The summed E-state index contributed by atoms with van der Waals surface area (Å²) in [6, 6.07) is 7.30. The quantitative estimate of drug-likeness (QED) is 0.567. The number of benzene rings is 1. The molecule has 1 saturated heterocycles. The third kappa shape index (κ3) is 5.50. The molecule has 0 radical (unpaired) electrons. The Morgan fingerprint density at radius 2 is 1.81 bits per heavy atom. The lowest BCUT2D eigenvalue weighted by Crippen LogP contribution is -2.39. The molecule has 0 unspecified atom stereocenters. The molecule has 1 heterocycles. The van der Waals surface area contributed by atoms with Gasteiger partial charge in [0.25, 0.3) is 0 Å². The molecule has 0 N–H and O–H groups in total. The van der Waals surface area contributed by atoms with Crippen molar-refractivity contribution in [3.8, 4) is 5.75 Å². The third-order valence-corrected chi connectivity index (χ3v) is 4.10. The molecule has 116 valence electrons. The van der Waals surface area contributed by atoms with Gasteiger partial charge in [0.05, 0.1) is 6.61 Å². The molecule has 0 amide bonds. The van der Waals surface area contributed by atoms with Crippen LogP contribution >= 0.6 is 0 Å². The summed E-state index contributed by atoms with van der Waals surface area (Å²) >= 11 is 0. The minimum absolute atomic E-state index is 0.690. The number of likely N-dealkylation sites (tertiary alicyclic amines) is 1. The Morgan fingerprint density at radius 3 is 2.43 bits per heavy atom. The molecule has 0 saturated carbocycles. The smallest absolute Gasteiger partial charge is 0.150 e. The number of hydrogen-bond acceptors (Lipinski definition) is 3. The number of rotatable bonds is 7. The van der Waals surface area contributed by atoms with Crippen molar-refractivity contribution in [1.82, 2.24) is 4.90 Å². The fourth-order valence-corrected chi connectivity index (χ4v) is 3.24. The second-order valence-corrected chi connectivity index (χ2v) is 6.45. The lowest BCUT2D eigenvalue weighted by Gasteiger charge is -2.34. The van der Waals surface area contributed by atoms with Crippen molar-refractivity contribution in [3.63, 3.8) is 0 Å². The van der Waals surface area contributed by atoms with E-state index < -0.39 is 0 Å². The number of carbonyl (C=O) groups excluding carboxylic acids is 1. The van der Waals surface area contributed by atoms with E-state index in [4.69, 9.17) is 4.74 Å². The van der Waals surface area contributed by atoms with Gasteiger partial charge < -0.3 is 9.64 Å². The van der Waals surface area contributed by atoms with Gasteiger partial charge in [-0.2, -0.15) is 0 Å². The average molecular weight is 289 g/mol. The number of aldehydes is 1. The van der Waals surface area contributed by atoms with Gasteiger partial charge in [-0.15, -0.1) is 0 Å². The number of unbranched alkanes of at least 4 members (excludes halogenated alkanes) is 1. The Labute approximate surface area is 128 Å². The standard InChI is InChI=1S/C18H27NO2/c1-15-11-16(2)13-19(12-15)9-3-4-10-21-18-7-5-17(14-20)6-8-18/h5-8,14-16H,3-4,9-13H2,1-2H3/t15-,16-/m0/s1. The third-order valence-electron chi connectivity index (χ3n) is 4.10. The topological polar surface area (TPSA) is 29.5 Å². The summed E-state index contributed by atoms with van der Waals surface area (Å²) in [6.07, 6.45) is 4.49. The molecule has 1 fully saturated rings. The van der Waals surface area contributed by atoms with Crippen LogP contribution in [0.3, 0.4) is 0 Å². The van der Waals surface area contributed by atoms with Gasteiger partial charge in [-0.05, 0) is 61.9 Å². The van der Waals surface area contributed by atoms with E-state index in [0.717, 1.165) is 36.9 Å². The van der Waals surface area contributed by atoms with Gasteiger partial charge in [0.15, 0.2) is 0 Å². The molecule has 1 aromatic carbocycles. The minimum atomic E-state index is 0.690. The van der Waals surface area contributed by atoms with Crippen LogP contribution in [-0.4, -0.2) is 37.4 Å². The summed E-state index contributed by atoms with van der Waals surface area (Å²) in [5, 5.41) is 0. The normalized spacial score (nSPS) is 23.0. The van der Waals surface area contributed by atoms with Gasteiger partial charge >= 0.3 is 0 Å². The van der Waals surface area contributed by atoms with Crippen molar-refractivity contribution < 1.29 is 9.53 Å². The average Bonchev–Trinajstić information content (AvgIpc) is 2.46. The first-order valence-corrected chi connectivity index (χ1v) is 8.07. The summed E-state index contributed by atoms with van der Waals surface area (Å²) in [6.45, 7) is 9.14. The largest absolute Gasteiger partial charge is 0.494 e. The summed E-state index contributed by atoms with van der Waals surface area (Å²) in [5.41, 5.74) is 0.690. The Morgan fingerprint density at radius 1 is 1.14 bits per heavy atom. The van der Waals surface area contributed by atoms with Crippen molar-refractivity contribution in [3.05, 3.63) is 29.8 Å². The molecule has 3 heteroatoms. The summed E-state index contributed by atoms with van der Waals surface area (Å²) < 4.78 is 5.70. The van der Waals surface area contributed by atoms with Gasteiger partial charge in [0.2, 0.25) is 0 Å². The van der Waals surface area contributed by atoms with Crippen molar-refractivity contribution in [2.45, 2.75) is 33.1 Å². The van der Waals surface area contributed by atoms with Crippen LogP contribution in [0.5, 0.6) is 5.75 Å². The summed E-state index contributed by atoms with van der Waals surface area (Å²) in [4.78, 5) is 13.2. The predicted octanol–water partition coefficient (Wildman–Crippen LogP) is 3.64. The van der Waals surface area contributed by atoms with Crippen LogP contribution in [0.25, 0.3) is 0 Å². The molecule has 1 aliphatic heterocycles. The molecular formula is C18H27NO2. The lowest BCUT2D eigenvalue weighted by atomic mass is 9.92. The van der Waals surface area contributed by atoms with Crippen LogP contribution in [-0.2, 0) is 0 Å². The maximum atomic E-state index is 10.6. The van der Waals surface area contributed by atoms with Crippen LogP contribution in [0, 0.1) is 11.8 Å². The van der Waals surface area contributed by atoms with E-state index in [0.29, 0.717) is 5.56 Å². The van der Waals surface area contributed by atoms with Gasteiger partial charge in [-0.25, -0.2) is 0 Å². The Bertz CT molecular complexity index is 419. The first kappa shape index (κ1) is 16.0. The number of ether oxygens (including phenoxy) is 1. The summed E-state index contributed by atoms with van der Waals surface area (Å²) in [5.74, 6) is 2.52. The Balaban J connectivity index is 1.60. The second kappa shape index (κ2) is 8.18. The van der Waals surface area contributed by atoms with E-state index >= 15 is 0 Å². The zero-order valence-electron chi connectivity index (χ0n) is 13.3. The first-order valence-electron chi connectivity index (χ1n) is 8.07. The van der Waals surface area contributed by atoms with Gasteiger partial charge in [-0.1, -0.05) is 13.8 Å². The number of hydrogen-bond donors (Lipinski definition) is 0. The number of piperidine rings is 1. The maximum Gasteiger partial charge on any atom is 0.150 e. The molecule has 21 heavy (non-hydrogen) atoms. The van der Waals surface area contributed by atoms with Gasteiger partial charge in [0, 0.05) is 18.7 Å². The van der Waals surface area contributed by atoms with E-state index in [1.807, 2.05) is 12.1 Å². The predicted molar refractivity (Wildman–Crippen MR) is 85.9 cm³/mol. The van der Waals surface area contributed by atoms with Crippen LogP contribution < -0.4 is 4.74 Å². The number of carbonyl (C=O) groups is 1. The molecule has 0 aromatic heterocycles. The highest BCUT2D eigenvalue weighted by molar-refractivity contribution is 5.74. The molecule has 1 aromatic rings. The van der Waals surface area contributed by atoms with E-state index in [1.54, 1.807) is 12.1 Å². The van der Waals surface area contributed by atoms with Crippen LogP contribution in [0.15, 0.2) is 24.3 Å². The molecule has 0 bridgehead atoms. The van der Waals surface area contributed by atoms with Crippen LogP contribution in [0.1, 0.15) is 43.5 Å². The fourth-order valence-electron chi connectivity index (χ4n) is 3.24. The van der Waals surface area contributed by atoms with E-state index in [1.165, 1.54) is 32.5 Å². The van der Waals surface area contributed by atoms with Crippen molar-refractivity contribution in [2.24, 2.45) is 11.8 Å². The monoisotopic (exact) mass is 289 g/mol. The SMILES string of the molecule is C[C@H]1C[C@H](C)CN(CCCCOc2ccc(C=O)cc2)C1. The highest BCUT2D eigenvalue weighted by atomic mass is 16.5. The van der Waals surface area contributed by atoms with Crippen molar-refractivity contribution >= 4 is 6.29 Å². The minimum Gasteiger partial charge on any atom is -0.494 e. The van der Waals surface area contributed by atoms with Gasteiger partial charge in [0.1, 0.15) is 12.0 Å². The van der Waals surface area contributed by atoms with Gasteiger partial charge in [-0.3, -0.25) is 4.79 Å². The Kier molecular flexibility index (Phi) is 6.24. The maximum absolute atomic E-state index is 10.6. The molecule has 3 nitrogen and oxygen atoms in total. The molecule has 1 aliphatic rings. The van der Waals surface area contributed by atoms with Crippen molar-refractivity contribution in [2.75, 3.05) is 26.2 Å². The lowest BCUT2D eigenvalue weighted by molar-refractivity contribution is 0.112. The fraction of sp³-hybridized carbons (Fsp3) is 0.611. The van der Waals surface area contributed by atoms with E-state index in [-0.39, 0.29) is 0 Å². The highest BCUT2D eigenvalue weighted by Gasteiger charge is 2.20. The molecule has 0 spiro atoms. The first-order chi connectivity index (χ1) is 10.2. The second-order valence-electron chi connectivity index (χ2n) is 6.45. The molecule has 0 aliphatic carbocycles. The van der Waals surface area contributed by atoms with E-state index in [2.05, 4.69) is 18.7 Å².